The van der Waals surface area contributed by atoms with Gasteiger partial charge >= 0.3 is 0 Å². The normalized spacial score (nSPS) is 12.1. The fraction of sp³-hybridized carbons (Fsp3) is 0.824. The smallest absolute Gasteiger partial charge is 0.122 e. The van der Waals surface area contributed by atoms with Crippen molar-refractivity contribution in [3.63, 3.8) is 0 Å². The fourth-order valence-electron chi connectivity index (χ4n) is 5.29. The van der Waals surface area contributed by atoms with Gasteiger partial charge in [0.15, 0.2) is 0 Å². The van der Waals surface area contributed by atoms with Crippen LogP contribution in [0.3, 0.4) is 0 Å². The molecule has 0 fully saturated rings. The van der Waals surface area contributed by atoms with E-state index < -0.39 is 0 Å². The van der Waals surface area contributed by atoms with Crippen molar-refractivity contribution in [2.75, 3.05) is 13.1 Å². The first-order valence-corrected chi connectivity index (χ1v) is 15.9. The molecule has 0 aromatic heterocycles. The maximum atomic E-state index is 11.2. The number of phenolic OH excluding ortho intramolecular Hbond substituents is 1. The molecule has 1 rings (SSSR count). The summed E-state index contributed by atoms with van der Waals surface area (Å²) in [6, 6.07) is 4.64. The molecule has 0 bridgehead atoms. The zero-order valence-corrected chi connectivity index (χ0v) is 25.4. The van der Waals surface area contributed by atoms with Gasteiger partial charge in [-0.05, 0) is 60.9 Å². The topological polar surface area (TPSA) is 23.5 Å². The van der Waals surface area contributed by atoms with Crippen LogP contribution in [0.25, 0.3) is 0 Å². The molecule has 1 aromatic rings. The van der Waals surface area contributed by atoms with E-state index in [2.05, 4.69) is 58.6 Å². The summed E-state index contributed by atoms with van der Waals surface area (Å²) in [6.07, 6.45) is 23.7. The van der Waals surface area contributed by atoms with Crippen LogP contribution < -0.4 is 0 Å². The zero-order chi connectivity index (χ0) is 26.7. The molecule has 0 aliphatic rings. The average Bonchev–Trinajstić information content (AvgIpc) is 2.83. The summed E-state index contributed by atoms with van der Waals surface area (Å²) in [4.78, 5) is 2.71. The third-order valence-electron chi connectivity index (χ3n) is 7.67. The molecule has 0 aliphatic heterocycles. The molecule has 36 heavy (non-hydrogen) atoms. The van der Waals surface area contributed by atoms with Crippen LogP contribution >= 0.6 is 0 Å². The van der Waals surface area contributed by atoms with E-state index in [4.69, 9.17) is 0 Å². The minimum Gasteiger partial charge on any atom is -0.507 e. The van der Waals surface area contributed by atoms with Crippen LogP contribution in [-0.4, -0.2) is 23.1 Å². The Kier molecular flexibility index (Phi) is 18.3. The van der Waals surface area contributed by atoms with Gasteiger partial charge in [0.1, 0.15) is 5.75 Å². The number of aromatic hydroxyl groups is 1. The Bertz CT molecular complexity index is 644. The van der Waals surface area contributed by atoms with Crippen molar-refractivity contribution >= 4 is 0 Å². The lowest BCUT2D eigenvalue weighted by Gasteiger charge is -2.27. The van der Waals surface area contributed by atoms with E-state index in [1.54, 1.807) is 0 Å². The molecule has 2 nitrogen and oxygen atoms in total. The van der Waals surface area contributed by atoms with Crippen LogP contribution in [-0.2, 0) is 18.4 Å². The second kappa shape index (κ2) is 20.0. The molecule has 0 atom stereocenters. The van der Waals surface area contributed by atoms with E-state index in [-0.39, 0.29) is 5.41 Å². The monoisotopic (exact) mass is 501 g/mol. The Labute approximate surface area is 226 Å². The van der Waals surface area contributed by atoms with Gasteiger partial charge in [-0.3, -0.25) is 4.90 Å². The number of phenols is 1. The summed E-state index contributed by atoms with van der Waals surface area (Å²) in [7, 11) is 0. The highest BCUT2D eigenvalue weighted by atomic mass is 16.3. The maximum absolute atomic E-state index is 11.2. The van der Waals surface area contributed by atoms with Crippen molar-refractivity contribution in [1.82, 2.24) is 4.90 Å². The molecule has 0 radical (unpaired) electrons. The Hall–Kier alpha value is -1.02. The molecular formula is C34H63NO. The third-order valence-corrected chi connectivity index (χ3v) is 7.67. The van der Waals surface area contributed by atoms with Gasteiger partial charge in [-0.15, -0.1) is 0 Å². The summed E-state index contributed by atoms with van der Waals surface area (Å²) >= 11 is 0. The van der Waals surface area contributed by atoms with Gasteiger partial charge in [0.2, 0.25) is 0 Å². The quantitative estimate of drug-likeness (QED) is 0.160. The standard InChI is InChI=1S/C34H63NO/c1-7-10-13-16-19-22-25-35(26-23-20-17-14-11-8-2)29-30-27-31(24-21-18-15-12-9-3)33(36)32(28-30)34(4,5)6/h27-28,36H,7-26,29H2,1-6H3. The lowest BCUT2D eigenvalue weighted by molar-refractivity contribution is 0.251. The third kappa shape index (κ3) is 14.7. The Morgan fingerprint density at radius 1 is 0.611 bits per heavy atom. The number of unbranched alkanes of at least 4 members (excludes halogenated alkanes) is 14. The Morgan fingerprint density at radius 2 is 1.06 bits per heavy atom. The van der Waals surface area contributed by atoms with Crippen LogP contribution in [0.5, 0.6) is 5.75 Å². The van der Waals surface area contributed by atoms with E-state index in [0.29, 0.717) is 5.75 Å². The Balaban J connectivity index is 2.88. The summed E-state index contributed by atoms with van der Waals surface area (Å²) in [5.74, 6) is 0.556. The fourth-order valence-corrected chi connectivity index (χ4v) is 5.29. The first-order valence-electron chi connectivity index (χ1n) is 15.9. The molecule has 0 unspecified atom stereocenters. The molecule has 0 saturated heterocycles. The predicted molar refractivity (Wildman–Crippen MR) is 161 cm³/mol. The lowest BCUT2D eigenvalue weighted by Crippen LogP contribution is -2.26. The van der Waals surface area contributed by atoms with E-state index in [0.717, 1.165) is 18.5 Å². The van der Waals surface area contributed by atoms with Crippen molar-refractivity contribution in [2.24, 2.45) is 0 Å². The van der Waals surface area contributed by atoms with Crippen LogP contribution in [0.2, 0.25) is 0 Å². The maximum Gasteiger partial charge on any atom is 0.122 e. The van der Waals surface area contributed by atoms with E-state index in [1.807, 2.05) is 0 Å². The Morgan fingerprint density at radius 3 is 1.53 bits per heavy atom. The van der Waals surface area contributed by atoms with E-state index in [1.165, 1.54) is 133 Å². The van der Waals surface area contributed by atoms with Gasteiger partial charge in [-0.25, -0.2) is 0 Å². The minimum absolute atomic E-state index is 0.0412. The number of aryl methyl sites for hydroxylation is 1. The van der Waals surface area contributed by atoms with Crippen molar-refractivity contribution in [3.05, 3.63) is 28.8 Å². The van der Waals surface area contributed by atoms with Gasteiger partial charge in [-0.2, -0.15) is 0 Å². The number of rotatable bonds is 22. The minimum atomic E-state index is -0.0412. The highest BCUT2D eigenvalue weighted by Gasteiger charge is 2.22. The van der Waals surface area contributed by atoms with Gasteiger partial charge < -0.3 is 5.11 Å². The van der Waals surface area contributed by atoms with Crippen LogP contribution in [0.1, 0.15) is 167 Å². The number of hydrogen-bond acceptors (Lipinski definition) is 2. The van der Waals surface area contributed by atoms with Crippen LogP contribution in [0.4, 0.5) is 0 Å². The number of nitrogens with zero attached hydrogens (tertiary/aromatic N) is 1. The zero-order valence-electron chi connectivity index (χ0n) is 25.4. The lowest BCUT2D eigenvalue weighted by atomic mass is 9.83. The highest BCUT2D eigenvalue weighted by molar-refractivity contribution is 5.47. The molecule has 0 heterocycles. The van der Waals surface area contributed by atoms with Gasteiger partial charge in [0.05, 0.1) is 0 Å². The van der Waals surface area contributed by atoms with Crippen molar-refractivity contribution in [1.29, 1.82) is 0 Å². The first kappa shape index (κ1) is 33.0. The molecule has 0 amide bonds. The van der Waals surface area contributed by atoms with Crippen LogP contribution in [0, 0.1) is 0 Å². The van der Waals surface area contributed by atoms with Crippen molar-refractivity contribution < 1.29 is 5.11 Å². The molecule has 2 heteroatoms. The molecular weight excluding hydrogens is 438 g/mol. The molecule has 0 spiro atoms. The van der Waals surface area contributed by atoms with Crippen molar-refractivity contribution in [2.45, 2.75) is 169 Å². The highest BCUT2D eigenvalue weighted by Crippen LogP contribution is 2.35. The number of hydrogen-bond donors (Lipinski definition) is 1. The van der Waals surface area contributed by atoms with Gasteiger partial charge in [0, 0.05) is 6.54 Å². The van der Waals surface area contributed by atoms with Gasteiger partial charge in [0.25, 0.3) is 0 Å². The molecule has 0 saturated carbocycles. The van der Waals surface area contributed by atoms with Crippen LogP contribution in [0.15, 0.2) is 12.1 Å². The summed E-state index contributed by atoms with van der Waals surface area (Å²) in [6.45, 7) is 17.0. The first-order chi connectivity index (χ1) is 17.3. The molecule has 0 aliphatic carbocycles. The predicted octanol–water partition coefficient (Wildman–Crippen LogP) is 10.7. The molecule has 210 valence electrons. The largest absolute Gasteiger partial charge is 0.507 e. The van der Waals surface area contributed by atoms with E-state index in [9.17, 15) is 5.11 Å². The number of benzene rings is 1. The molecule has 1 aromatic carbocycles. The SMILES string of the molecule is CCCCCCCCN(CCCCCCCC)Cc1cc(CCCCCCC)c(O)c(C(C)(C)C)c1. The second-order valence-electron chi connectivity index (χ2n) is 12.4. The summed E-state index contributed by atoms with van der Waals surface area (Å²) in [5.41, 5.74) is 3.66. The second-order valence-corrected chi connectivity index (χ2v) is 12.4. The molecule has 1 N–H and O–H groups in total. The van der Waals surface area contributed by atoms with Gasteiger partial charge in [-0.1, -0.05) is 144 Å². The van der Waals surface area contributed by atoms with E-state index >= 15 is 0 Å². The summed E-state index contributed by atoms with van der Waals surface area (Å²) < 4.78 is 0. The van der Waals surface area contributed by atoms with Crippen molar-refractivity contribution in [3.8, 4) is 5.75 Å². The average molecular weight is 502 g/mol. The summed E-state index contributed by atoms with van der Waals surface area (Å²) in [5, 5.41) is 11.2.